The quantitative estimate of drug-likeness (QED) is 0.261. The van der Waals surface area contributed by atoms with E-state index in [0.29, 0.717) is 33.7 Å². The predicted molar refractivity (Wildman–Crippen MR) is 155 cm³/mol. The summed E-state index contributed by atoms with van der Waals surface area (Å²) >= 11 is 12.6. The Bertz CT molecular complexity index is 1200. The maximum atomic E-state index is 13.7. The van der Waals surface area contributed by atoms with Crippen molar-refractivity contribution in [3.63, 3.8) is 0 Å². The molecule has 7 heteroatoms. The fourth-order valence-corrected chi connectivity index (χ4v) is 4.47. The summed E-state index contributed by atoms with van der Waals surface area (Å²) in [5.41, 5.74) is 2.83. The highest BCUT2D eigenvalue weighted by molar-refractivity contribution is 6.35. The maximum Gasteiger partial charge on any atom is 0.261 e. The average molecular weight is 556 g/mol. The van der Waals surface area contributed by atoms with Crippen molar-refractivity contribution in [3.05, 3.63) is 99.5 Å². The monoisotopic (exact) mass is 554 g/mol. The van der Waals surface area contributed by atoms with Gasteiger partial charge in [0.05, 0.1) is 0 Å². The van der Waals surface area contributed by atoms with Gasteiger partial charge in [-0.05, 0) is 60.2 Å². The van der Waals surface area contributed by atoms with Crippen LogP contribution in [0.15, 0.2) is 72.8 Å². The van der Waals surface area contributed by atoms with Crippen LogP contribution in [-0.4, -0.2) is 35.4 Å². The second kappa shape index (κ2) is 14.2. The van der Waals surface area contributed by atoms with E-state index >= 15 is 0 Å². The van der Waals surface area contributed by atoms with E-state index in [4.69, 9.17) is 27.9 Å². The molecule has 5 nitrogen and oxygen atoms in total. The van der Waals surface area contributed by atoms with Crippen LogP contribution < -0.4 is 10.1 Å². The van der Waals surface area contributed by atoms with Crippen molar-refractivity contribution < 1.29 is 14.3 Å². The summed E-state index contributed by atoms with van der Waals surface area (Å²) in [5, 5.41) is 3.99. The van der Waals surface area contributed by atoms with Gasteiger partial charge in [0.25, 0.3) is 5.91 Å². The largest absolute Gasteiger partial charge is 0.484 e. The third-order valence-electron chi connectivity index (χ3n) is 6.54. The van der Waals surface area contributed by atoms with Gasteiger partial charge in [0.15, 0.2) is 6.61 Å². The summed E-state index contributed by atoms with van der Waals surface area (Å²) in [6.45, 7) is 8.12. The maximum absolute atomic E-state index is 13.7. The number of rotatable bonds is 12. The van der Waals surface area contributed by atoms with Crippen molar-refractivity contribution in [1.29, 1.82) is 0 Å². The van der Waals surface area contributed by atoms with Crippen molar-refractivity contribution in [2.75, 3.05) is 6.61 Å². The summed E-state index contributed by atoms with van der Waals surface area (Å²) in [5.74, 6) is 0.455. The zero-order chi connectivity index (χ0) is 27.7. The van der Waals surface area contributed by atoms with Crippen molar-refractivity contribution in [1.82, 2.24) is 10.2 Å². The topological polar surface area (TPSA) is 58.6 Å². The van der Waals surface area contributed by atoms with Gasteiger partial charge in [0.2, 0.25) is 5.91 Å². The molecule has 0 aliphatic heterocycles. The highest BCUT2D eigenvalue weighted by atomic mass is 35.5. The minimum atomic E-state index is -0.766. The fourth-order valence-electron chi connectivity index (χ4n) is 4.01. The Kier molecular flexibility index (Phi) is 11.1. The van der Waals surface area contributed by atoms with Crippen LogP contribution in [0.2, 0.25) is 10.0 Å². The van der Waals surface area contributed by atoms with E-state index in [1.807, 2.05) is 68.4 Å². The fraction of sp³-hybridized carbons (Fsp3) is 0.355. The van der Waals surface area contributed by atoms with Crippen LogP contribution in [0.3, 0.4) is 0 Å². The van der Waals surface area contributed by atoms with E-state index in [2.05, 4.69) is 19.2 Å². The Balaban J connectivity index is 1.92. The Morgan fingerprint density at radius 2 is 1.63 bits per heavy atom. The molecule has 3 rings (SSSR count). The summed E-state index contributed by atoms with van der Waals surface area (Å²) in [4.78, 5) is 28.8. The minimum Gasteiger partial charge on any atom is -0.484 e. The van der Waals surface area contributed by atoms with Gasteiger partial charge in [-0.1, -0.05) is 92.5 Å². The molecule has 2 amide bonds. The molecule has 0 spiro atoms. The number of hydrogen-bond acceptors (Lipinski definition) is 3. The molecule has 0 bridgehead atoms. The molecule has 0 saturated carbocycles. The number of benzene rings is 3. The number of ether oxygens (including phenoxy) is 1. The molecule has 38 heavy (non-hydrogen) atoms. The first-order valence-corrected chi connectivity index (χ1v) is 13.7. The van der Waals surface area contributed by atoms with Gasteiger partial charge < -0.3 is 15.0 Å². The first-order valence-electron chi connectivity index (χ1n) is 13.0. The second-order valence-electron chi connectivity index (χ2n) is 9.79. The van der Waals surface area contributed by atoms with E-state index < -0.39 is 6.04 Å². The third-order valence-corrected chi connectivity index (χ3v) is 7.12. The minimum absolute atomic E-state index is 0.0347. The zero-order valence-corrected chi connectivity index (χ0v) is 23.9. The van der Waals surface area contributed by atoms with Crippen LogP contribution in [-0.2, 0) is 22.6 Å². The van der Waals surface area contributed by atoms with E-state index in [1.165, 1.54) is 5.56 Å². The average Bonchev–Trinajstić information content (AvgIpc) is 2.91. The first-order chi connectivity index (χ1) is 18.2. The van der Waals surface area contributed by atoms with E-state index in [-0.39, 0.29) is 31.0 Å². The summed E-state index contributed by atoms with van der Waals surface area (Å²) in [6.07, 6.45) is 1.12. The lowest BCUT2D eigenvalue weighted by atomic mass is 10.0. The smallest absolute Gasteiger partial charge is 0.261 e. The molecule has 0 unspecified atom stereocenters. The highest BCUT2D eigenvalue weighted by Gasteiger charge is 2.31. The van der Waals surface area contributed by atoms with Crippen LogP contribution in [0, 0.1) is 0 Å². The number of hydrogen-bond donors (Lipinski definition) is 1. The van der Waals surface area contributed by atoms with Crippen LogP contribution >= 0.6 is 23.2 Å². The molecule has 0 aliphatic rings. The molecular weight excluding hydrogens is 519 g/mol. The van der Waals surface area contributed by atoms with Crippen molar-refractivity contribution in [2.24, 2.45) is 0 Å². The molecule has 3 aromatic carbocycles. The van der Waals surface area contributed by atoms with Crippen LogP contribution in [0.1, 0.15) is 56.7 Å². The van der Waals surface area contributed by atoms with Gasteiger partial charge >= 0.3 is 0 Å². The number of nitrogens with one attached hydrogen (secondary N) is 1. The van der Waals surface area contributed by atoms with Gasteiger partial charge in [0, 0.05) is 29.1 Å². The van der Waals surface area contributed by atoms with Crippen LogP contribution in [0.25, 0.3) is 0 Å². The van der Waals surface area contributed by atoms with Gasteiger partial charge in [-0.3, -0.25) is 9.59 Å². The summed E-state index contributed by atoms with van der Waals surface area (Å²) < 4.78 is 5.88. The lowest BCUT2D eigenvalue weighted by molar-refractivity contribution is -0.143. The molecular formula is C31H36Cl2N2O3. The number of carbonyl (C=O) groups is 2. The van der Waals surface area contributed by atoms with E-state index in [9.17, 15) is 9.59 Å². The predicted octanol–water partition coefficient (Wildman–Crippen LogP) is 7.05. The highest BCUT2D eigenvalue weighted by Crippen LogP contribution is 2.25. The molecule has 0 fully saturated rings. The Morgan fingerprint density at radius 3 is 2.24 bits per heavy atom. The van der Waals surface area contributed by atoms with Crippen molar-refractivity contribution >= 4 is 35.0 Å². The zero-order valence-electron chi connectivity index (χ0n) is 22.4. The van der Waals surface area contributed by atoms with Gasteiger partial charge in [-0.15, -0.1) is 0 Å². The van der Waals surface area contributed by atoms with Gasteiger partial charge in [-0.25, -0.2) is 0 Å². The third kappa shape index (κ3) is 8.50. The lowest BCUT2D eigenvalue weighted by Crippen LogP contribution is -2.53. The van der Waals surface area contributed by atoms with Gasteiger partial charge in [0.1, 0.15) is 11.8 Å². The molecule has 0 aliphatic carbocycles. The first kappa shape index (κ1) is 29.5. The summed E-state index contributed by atoms with van der Waals surface area (Å²) in [6, 6.07) is 21.7. The van der Waals surface area contributed by atoms with E-state index in [0.717, 1.165) is 12.0 Å². The number of halogens is 2. The molecule has 0 heterocycles. The number of amides is 2. The molecule has 3 aromatic rings. The normalized spacial score (nSPS) is 12.6. The number of nitrogens with zero attached hydrogens (tertiary/aromatic N) is 1. The van der Waals surface area contributed by atoms with Crippen LogP contribution in [0.4, 0.5) is 0 Å². The molecule has 202 valence electrons. The molecule has 1 N–H and O–H groups in total. The SMILES string of the molecule is CC[C@@H](C)NC(=O)[C@@H](Cc1ccccc1)N(Cc1ccc(Cl)cc1Cl)C(=O)COc1ccc(C(C)C)cc1. The Hall–Kier alpha value is -3.02. The van der Waals surface area contributed by atoms with Crippen molar-refractivity contribution in [3.8, 4) is 5.75 Å². The van der Waals surface area contributed by atoms with Gasteiger partial charge in [-0.2, -0.15) is 0 Å². The lowest BCUT2D eigenvalue weighted by Gasteiger charge is -2.32. The second-order valence-corrected chi connectivity index (χ2v) is 10.6. The Labute approximate surface area is 236 Å². The van der Waals surface area contributed by atoms with Crippen molar-refractivity contribution in [2.45, 2.75) is 65.1 Å². The van der Waals surface area contributed by atoms with Crippen LogP contribution in [0.5, 0.6) is 5.75 Å². The van der Waals surface area contributed by atoms with E-state index in [1.54, 1.807) is 23.1 Å². The Morgan fingerprint density at radius 1 is 0.947 bits per heavy atom. The molecule has 0 aromatic heterocycles. The standard InChI is InChI=1S/C31H36Cl2N2O3/c1-5-22(4)34-31(37)29(17-23-9-7-6-8-10-23)35(19-25-11-14-26(32)18-28(25)33)30(36)20-38-27-15-12-24(13-16-27)21(2)3/h6-16,18,21-22,29H,5,17,19-20H2,1-4H3,(H,34,37)/t22-,29-/m1/s1. The number of carbonyl (C=O) groups excluding carboxylic acids is 2. The molecule has 2 atom stereocenters. The summed E-state index contributed by atoms with van der Waals surface area (Å²) in [7, 11) is 0. The molecule has 0 radical (unpaired) electrons. The molecule has 0 saturated heterocycles.